The number of methoxy groups -OCH3 is 1. The second kappa shape index (κ2) is 6.00. The molecular formula is C14H19FN4O. The van der Waals surface area contributed by atoms with E-state index in [1.807, 2.05) is 19.9 Å². The van der Waals surface area contributed by atoms with Gasteiger partial charge in [-0.25, -0.2) is 14.1 Å². The zero-order chi connectivity index (χ0) is 14.6. The van der Waals surface area contributed by atoms with Gasteiger partial charge >= 0.3 is 0 Å². The van der Waals surface area contributed by atoms with Crippen LogP contribution in [-0.4, -0.2) is 34.0 Å². The van der Waals surface area contributed by atoms with E-state index in [1.165, 1.54) is 23.4 Å². The Morgan fingerprint density at radius 1 is 1.40 bits per heavy atom. The minimum absolute atomic E-state index is 0.188. The van der Waals surface area contributed by atoms with Crippen LogP contribution in [0.4, 0.5) is 10.1 Å². The third kappa shape index (κ3) is 3.54. The van der Waals surface area contributed by atoms with Crippen molar-refractivity contribution in [3.8, 4) is 5.69 Å². The predicted molar refractivity (Wildman–Crippen MR) is 75.5 cm³/mol. The molecule has 0 saturated heterocycles. The van der Waals surface area contributed by atoms with Crippen molar-refractivity contribution in [1.82, 2.24) is 14.8 Å². The molecule has 1 N–H and O–H groups in total. The molecule has 0 bridgehead atoms. The lowest BCUT2D eigenvalue weighted by atomic mass is 10.1. The number of nitrogens with zero attached hydrogens (tertiary/aromatic N) is 3. The summed E-state index contributed by atoms with van der Waals surface area (Å²) in [4.78, 5) is 3.80. The summed E-state index contributed by atoms with van der Waals surface area (Å²) in [6.45, 7) is 4.75. The van der Waals surface area contributed by atoms with Gasteiger partial charge in [-0.3, -0.25) is 0 Å². The Kier molecular flexibility index (Phi) is 4.34. The lowest BCUT2D eigenvalue weighted by molar-refractivity contribution is 0.0185. The maximum Gasteiger partial charge on any atom is 0.150 e. The smallest absolute Gasteiger partial charge is 0.150 e. The van der Waals surface area contributed by atoms with Crippen molar-refractivity contribution in [2.75, 3.05) is 19.0 Å². The SMILES string of the molecule is COC(C)(C)CCNc1ccc(-n2cncn2)c(F)c1. The molecule has 0 saturated carbocycles. The van der Waals surface area contributed by atoms with E-state index < -0.39 is 0 Å². The molecule has 0 unspecified atom stereocenters. The number of benzene rings is 1. The zero-order valence-electron chi connectivity index (χ0n) is 11.9. The average molecular weight is 278 g/mol. The van der Waals surface area contributed by atoms with Gasteiger partial charge in [0, 0.05) is 19.3 Å². The number of halogens is 1. The second-order valence-electron chi connectivity index (χ2n) is 5.15. The Morgan fingerprint density at radius 2 is 2.20 bits per heavy atom. The zero-order valence-corrected chi connectivity index (χ0v) is 11.9. The first-order valence-electron chi connectivity index (χ1n) is 6.45. The van der Waals surface area contributed by atoms with Crippen molar-refractivity contribution >= 4 is 5.69 Å². The summed E-state index contributed by atoms with van der Waals surface area (Å²) in [5, 5.41) is 7.09. The highest BCUT2D eigenvalue weighted by atomic mass is 19.1. The summed E-state index contributed by atoms with van der Waals surface area (Å²) in [6, 6.07) is 4.95. The maximum atomic E-state index is 14.0. The molecule has 0 atom stereocenters. The monoisotopic (exact) mass is 278 g/mol. The number of nitrogens with one attached hydrogen (secondary N) is 1. The largest absolute Gasteiger partial charge is 0.385 e. The number of ether oxygens (including phenoxy) is 1. The van der Waals surface area contributed by atoms with Gasteiger partial charge in [-0.15, -0.1) is 0 Å². The fraction of sp³-hybridized carbons (Fsp3) is 0.429. The van der Waals surface area contributed by atoms with Crippen molar-refractivity contribution in [1.29, 1.82) is 0 Å². The lowest BCUT2D eigenvalue weighted by Gasteiger charge is -2.23. The molecule has 2 aromatic rings. The third-order valence-electron chi connectivity index (χ3n) is 3.22. The molecule has 1 aromatic heterocycles. The molecular weight excluding hydrogens is 259 g/mol. The Morgan fingerprint density at radius 3 is 2.80 bits per heavy atom. The van der Waals surface area contributed by atoms with E-state index in [1.54, 1.807) is 13.2 Å². The van der Waals surface area contributed by atoms with E-state index in [0.717, 1.165) is 12.1 Å². The van der Waals surface area contributed by atoms with Crippen molar-refractivity contribution in [2.45, 2.75) is 25.9 Å². The van der Waals surface area contributed by atoms with Crippen LogP contribution in [0.2, 0.25) is 0 Å². The highest BCUT2D eigenvalue weighted by Crippen LogP contribution is 2.18. The van der Waals surface area contributed by atoms with Gasteiger partial charge in [0.2, 0.25) is 0 Å². The summed E-state index contributed by atoms with van der Waals surface area (Å²) in [5.74, 6) is -0.341. The van der Waals surface area contributed by atoms with Gasteiger partial charge in [-0.05, 0) is 38.5 Å². The van der Waals surface area contributed by atoms with Crippen molar-refractivity contribution < 1.29 is 9.13 Å². The average Bonchev–Trinajstić information content (AvgIpc) is 2.92. The number of hydrogen-bond donors (Lipinski definition) is 1. The number of hydrogen-bond acceptors (Lipinski definition) is 4. The van der Waals surface area contributed by atoms with Gasteiger partial charge in [0.1, 0.15) is 18.3 Å². The van der Waals surface area contributed by atoms with Crippen LogP contribution in [0.15, 0.2) is 30.9 Å². The minimum atomic E-state index is -0.341. The van der Waals surface area contributed by atoms with Gasteiger partial charge in [0.05, 0.1) is 5.60 Å². The highest BCUT2D eigenvalue weighted by molar-refractivity contribution is 5.49. The quantitative estimate of drug-likeness (QED) is 0.882. The molecule has 5 nitrogen and oxygen atoms in total. The van der Waals surface area contributed by atoms with Gasteiger partial charge in [-0.1, -0.05) is 0 Å². The number of rotatable bonds is 6. The van der Waals surface area contributed by atoms with Gasteiger partial charge in [0.25, 0.3) is 0 Å². The van der Waals surface area contributed by atoms with Crippen LogP contribution in [-0.2, 0) is 4.74 Å². The van der Waals surface area contributed by atoms with Gasteiger partial charge in [-0.2, -0.15) is 5.10 Å². The molecule has 20 heavy (non-hydrogen) atoms. The van der Waals surface area contributed by atoms with Crippen molar-refractivity contribution in [3.63, 3.8) is 0 Å². The molecule has 1 aromatic carbocycles. The fourth-order valence-electron chi connectivity index (χ4n) is 1.75. The Hall–Kier alpha value is -1.95. The first kappa shape index (κ1) is 14.5. The molecule has 0 aliphatic carbocycles. The fourth-order valence-corrected chi connectivity index (χ4v) is 1.75. The molecule has 0 aliphatic heterocycles. The Bertz CT molecular complexity index is 554. The molecule has 0 amide bonds. The molecule has 0 spiro atoms. The van der Waals surface area contributed by atoms with Crippen LogP contribution in [0.25, 0.3) is 5.69 Å². The maximum absolute atomic E-state index is 14.0. The predicted octanol–water partition coefficient (Wildman–Crippen LogP) is 2.63. The molecule has 0 aliphatic rings. The minimum Gasteiger partial charge on any atom is -0.385 e. The molecule has 2 rings (SSSR count). The summed E-state index contributed by atoms with van der Waals surface area (Å²) in [5.41, 5.74) is 0.926. The van der Waals surface area contributed by atoms with E-state index in [9.17, 15) is 4.39 Å². The summed E-state index contributed by atoms with van der Waals surface area (Å²) >= 11 is 0. The molecule has 6 heteroatoms. The molecule has 0 fully saturated rings. The topological polar surface area (TPSA) is 52.0 Å². The molecule has 0 radical (unpaired) electrons. The van der Waals surface area contributed by atoms with Crippen molar-refractivity contribution in [2.24, 2.45) is 0 Å². The lowest BCUT2D eigenvalue weighted by Crippen LogP contribution is -2.25. The molecule has 1 heterocycles. The summed E-state index contributed by atoms with van der Waals surface area (Å²) < 4.78 is 20.7. The first-order valence-corrected chi connectivity index (χ1v) is 6.45. The van der Waals surface area contributed by atoms with Crippen LogP contribution < -0.4 is 5.32 Å². The number of aromatic nitrogens is 3. The van der Waals surface area contributed by atoms with E-state index >= 15 is 0 Å². The standard InChI is InChI=1S/C14H19FN4O/c1-14(2,20-3)6-7-17-11-4-5-13(12(15)8-11)19-10-16-9-18-19/h4-5,8-10,17H,6-7H2,1-3H3. The first-order chi connectivity index (χ1) is 9.52. The van der Waals surface area contributed by atoms with E-state index in [0.29, 0.717) is 12.2 Å². The summed E-state index contributed by atoms with van der Waals surface area (Å²) in [7, 11) is 1.69. The van der Waals surface area contributed by atoms with Crippen LogP contribution >= 0.6 is 0 Å². The number of anilines is 1. The van der Waals surface area contributed by atoms with Gasteiger partial charge in [0.15, 0.2) is 5.82 Å². The Balaban J connectivity index is 1.99. The van der Waals surface area contributed by atoms with E-state index in [2.05, 4.69) is 15.4 Å². The van der Waals surface area contributed by atoms with E-state index in [-0.39, 0.29) is 11.4 Å². The van der Waals surface area contributed by atoms with E-state index in [4.69, 9.17) is 4.74 Å². The van der Waals surface area contributed by atoms with Gasteiger partial charge < -0.3 is 10.1 Å². The highest BCUT2D eigenvalue weighted by Gasteiger charge is 2.15. The van der Waals surface area contributed by atoms with Crippen LogP contribution in [0, 0.1) is 5.82 Å². The normalized spacial score (nSPS) is 11.6. The second-order valence-corrected chi connectivity index (χ2v) is 5.15. The van der Waals surface area contributed by atoms with Crippen LogP contribution in [0.5, 0.6) is 0 Å². The Labute approximate surface area is 117 Å². The molecule has 108 valence electrons. The van der Waals surface area contributed by atoms with Crippen LogP contribution in [0.3, 0.4) is 0 Å². The third-order valence-corrected chi connectivity index (χ3v) is 3.22. The van der Waals surface area contributed by atoms with Crippen molar-refractivity contribution in [3.05, 3.63) is 36.7 Å². The summed E-state index contributed by atoms with van der Waals surface area (Å²) in [6.07, 6.45) is 3.67. The van der Waals surface area contributed by atoms with Crippen LogP contribution in [0.1, 0.15) is 20.3 Å².